The lowest BCUT2D eigenvalue weighted by Gasteiger charge is -2.21. The molecular formula is C23H24N2O4. The van der Waals surface area contributed by atoms with Crippen LogP contribution in [0.3, 0.4) is 0 Å². The molecule has 1 saturated carbocycles. The normalized spacial score (nSPS) is 21.8. The molecule has 0 bridgehead atoms. The van der Waals surface area contributed by atoms with Crippen LogP contribution in [0.2, 0.25) is 0 Å². The van der Waals surface area contributed by atoms with Crippen LogP contribution in [0.1, 0.15) is 37.7 Å². The minimum absolute atomic E-state index is 0.0251. The average Bonchev–Trinajstić information content (AvgIpc) is 3.41. The van der Waals surface area contributed by atoms with Crippen molar-refractivity contribution in [2.75, 3.05) is 16.8 Å². The molecule has 2 heterocycles. The zero-order valence-corrected chi connectivity index (χ0v) is 16.4. The molecule has 1 N–H and O–H groups in total. The van der Waals surface area contributed by atoms with Gasteiger partial charge < -0.3 is 19.7 Å². The fourth-order valence-electron chi connectivity index (χ4n) is 4.39. The van der Waals surface area contributed by atoms with Gasteiger partial charge >= 0.3 is 0 Å². The van der Waals surface area contributed by atoms with Crippen molar-refractivity contribution in [3.8, 4) is 11.5 Å². The molecule has 0 radical (unpaired) electrons. The molecule has 1 spiro atoms. The zero-order valence-electron chi connectivity index (χ0n) is 16.4. The number of rotatable bonds is 3. The molecule has 150 valence electrons. The maximum atomic E-state index is 12.8. The lowest BCUT2D eigenvalue weighted by Crippen LogP contribution is -2.34. The zero-order chi connectivity index (χ0) is 20.0. The standard InChI is InChI=1S/C23H24N2O4/c1-15-4-7-18(8-5-15)25-14-16(12-21(25)26)22(27)24-17-6-9-19-20(13-17)29-23(28-19)10-2-3-11-23/h4-9,13,16H,2-3,10-12,14H2,1H3,(H,24,27)/t16-/m0/s1. The summed E-state index contributed by atoms with van der Waals surface area (Å²) in [7, 11) is 0. The summed E-state index contributed by atoms with van der Waals surface area (Å²) in [4.78, 5) is 26.9. The van der Waals surface area contributed by atoms with Gasteiger partial charge in [0.2, 0.25) is 11.8 Å². The Morgan fingerprint density at radius 3 is 2.55 bits per heavy atom. The number of aryl methyl sites for hydroxylation is 1. The minimum atomic E-state index is -0.516. The van der Waals surface area contributed by atoms with Crippen molar-refractivity contribution in [3.63, 3.8) is 0 Å². The van der Waals surface area contributed by atoms with E-state index in [1.54, 1.807) is 4.90 Å². The van der Waals surface area contributed by atoms with Crippen LogP contribution in [0.25, 0.3) is 0 Å². The number of fused-ring (bicyclic) bond motifs is 1. The van der Waals surface area contributed by atoms with Gasteiger partial charge in [-0.15, -0.1) is 0 Å². The van der Waals surface area contributed by atoms with Crippen LogP contribution in [0.5, 0.6) is 11.5 Å². The summed E-state index contributed by atoms with van der Waals surface area (Å²) in [5.74, 6) is 0.331. The van der Waals surface area contributed by atoms with Crippen LogP contribution in [0.4, 0.5) is 11.4 Å². The molecule has 6 nitrogen and oxygen atoms in total. The molecule has 2 amide bonds. The number of hydrogen-bond acceptors (Lipinski definition) is 4. The van der Waals surface area contributed by atoms with Crippen LogP contribution >= 0.6 is 0 Å². The van der Waals surface area contributed by atoms with E-state index in [1.807, 2.05) is 49.4 Å². The molecular weight excluding hydrogens is 368 g/mol. The molecule has 2 aliphatic heterocycles. The topological polar surface area (TPSA) is 67.9 Å². The van der Waals surface area contributed by atoms with Crippen LogP contribution in [0.15, 0.2) is 42.5 Å². The van der Waals surface area contributed by atoms with Gasteiger partial charge in [-0.3, -0.25) is 9.59 Å². The molecule has 3 aliphatic rings. The maximum Gasteiger partial charge on any atom is 0.251 e. The van der Waals surface area contributed by atoms with Crippen molar-refractivity contribution >= 4 is 23.2 Å². The molecule has 0 unspecified atom stereocenters. The van der Waals surface area contributed by atoms with Gasteiger partial charge in [-0.25, -0.2) is 0 Å². The van der Waals surface area contributed by atoms with Gasteiger partial charge in [-0.2, -0.15) is 0 Å². The van der Waals surface area contributed by atoms with Gasteiger partial charge in [0.25, 0.3) is 5.79 Å². The lowest BCUT2D eigenvalue weighted by atomic mass is 10.1. The number of benzene rings is 2. The summed E-state index contributed by atoms with van der Waals surface area (Å²) in [6, 6.07) is 13.3. The molecule has 5 rings (SSSR count). The summed E-state index contributed by atoms with van der Waals surface area (Å²) < 4.78 is 12.1. The van der Waals surface area contributed by atoms with E-state index in [0.717, 1.165) is 42.7 Å². The van der Waals surface area contributed by atoms with E-state index in [4.69, 9.17) is 9.47 Å². The van der Waals surface area contributed by atoms with Crippen molar-refractivity contribution in [3.05, 3.63) is 48.0 Å². The van der Waals surface area contributed by atoms with E-state index < -0.39 is 5.79 Å². The molecule has 2 aromatic carbocycles. The Kier molecular flexibility index (Phi) is 4.23. The Bertz CT molecular complexity index is 963. The first-order chi connectivity index (χ1) is 14.0. The molecule has 0 aromatic heterocycles. The summed E-state index contributed by atoms with van der Waals surface area (Å²) in [5, 5.41) is 2.94. The first-order valence-electron chi connectivity index (χ1n) is 10.2. The van der Waals surface area contributed by atoms with E-state index in [-0.39, 0.29) is 24.2 Å². The van der Waals surface area contributed by atoms with Crippen LogP contribution in [-0.4, -0.2) is 24.1 Å². The number of nitrogens with zero attached hydrogens (tertiary/aromatic N) is 1. The second-order valence-electron chi connectivity index (χ2n) is 8.21. The van der Waals surface area contributed by atoms with E-state index in [1.165, 1.54) is 0 Å². The third-order valence-electron chi connectivity index (χ3n) is 6.01. The fourth-order valence-corrected chi connectivity index (χ4v) is 4.39. The second-order valence-corrected chi connectivity index (χ2v) is 8.21. The third kappa shape index (κ3) is 3.33. The summed E-state index contributed by atoms with van der Waals surface area (Å²) in [6.07, 6.45) is 4.20. The van der Waals surface area contributed by atoms with Crippen molar-refractivity contribution in [2.24, 2.45) is 5.92 Å². The SMILES string of the molecule is Cc1ccc(N2C[C@@H](C(=O)Nc3ccc4c(c3)OC3(CCCC3)O4)CC2=O)cc1. The van der Waals surface area contributed by atoms with Gasteiger partial charge in [0.1, 0.15) is 0 Å². The Hall–Kier alpha value is -3.02. The second kappa shape index (κ2) is 6.79. The first-order valence-corrected chi connectivity index (χ1v) is 10.2. The smallest absolute Gasteiger partial charge is 0.251 e. The Balaban J connectivity index is 1.26. The van der Waals surface area contributed by atoms with E-state index >= 15 is 0 Å². The maximum absolute atomic E-state index is 12.8. The number of ether oxygens (including phenoxy) is 2. The Morgan fingerprint density at radius 1 is 1.07 bits per heavy atom. The summed E-state index contributed by atoms with van der Waals surface area (Å²) in [5.41, 5.74) is 2.63. The van der Waals surface area contributed by atoms with Crippen LogP contribution in [-0.2, 0) is 9.59 Å². The fraction of sp³-hybridized carbons (Fsp3) is 0.391. The molecule has 2 aromatic rings. The predicted octanol–water partition coefficient (Wildman–Crippen LogP) is 4.03. The van der Waals surface area contributed by atoms with Crippen molar-refractivity contribution < 1.29 is 19.1 Å². The highest BCUT2D eigenvalue weighted by Crippen LogP contribution is 2.47. The number of carbonyl (C=O) groups excluding carboxylic acids is 2. The monoisotopic (exact) mass is 392 g/mol. The average molecular weight is 392 g/mol. The number of nitrogens with one attached hydrogen (secondary N) is 1. The minimum Gasteiger partial charge on any atom is -0.448 e. The van der Waals surface area contributed by atoms with Crippen LogP contribution < -0.4 is 19.7 Å². The summed E-state index contributed by atoms with van der Waals surface area (Å²) >= 11 is 0. The Labute approximate surface area is 169 Å². The Morgan fingerprint density at radius 2 is 1.79 bits per heavy atom. The third-order valence-corrected chi connectivity index (χ3v) is 6.01. The largest absolute Gasteiger partial charge is 0.448 e. The summed E-state index contributed by atoms with van der Waals surface area (Å²) in [6.45, 7) is 2.40. The number of amides is 2. The molecule has 1 saturated heterocycles. The van der Waals surface area contributed by atoms with E-state index in [0.29, 0.717) is 18.0 Å². The lowest BCUT2D eigenvalue weighted by molar-refractivity contribution is -0.122. The van der Waals surface area contributed by atoms with Gasteiger partial charge in [0, 0.05) is 43.2 Å². The highest BCUT2D eigenvalue weighted by Gasteiger charge is 2.44. The number of carbonyl (C=O) groups is 2. The number of hydrogen-bond donors (Lipinski definition) is 1. The predicted molar refractivity (Wildman–Crippen MR) is 109 cm³/mol. The molecule has 29 heavy (non-hydrogen) atoms. The number of anilines is 2. The van der Waals surface area contributed by atoms with E-state index in [2.05, 4.69) is 5.32 Å². The van der Waals surface area contributed by atoms with Crippen molar-refractivity contribution in [1.29, 1.82) is 0 Å². The van der Waals surface area contributed by atoms with Crippen molar-refractivity contribution in [2.45, 2.75) is 44.8 Å². The quantitative estimate of drug-likeness (QED) is 0.856. The van der Waals surface area contributed by atoms with E-state index in [9.17, 15) is 9.59 Å². The van der Waals surface area contributed by atoms with Gasteiger partial charge in [-0.1, -0.05) is 17.7 Å². The van der Waals surface area contributed by atoms with Gasteiger partial charge in [0.05, 0.1) is 5.92 Å². The molecule has 2 fully saturated rings. The van der Waals surface area contributed by atoms with Gasteiger partial charge in [0.15, 0.2) is 11.5 Å². The molecule has 1 atom stereocenters. The highest BCUT2D eigenvalue weighted by atomic mass is 16.7. The van der Waals surface area contributed by atoms with Gasteiger partial charge in [-0.05, 0) is 44.0 Å². The molecule has 6 heteroatoms. The van der Waals surface area contributed by atoms with Crippen LogP contribution in [0, 0.1) is 12.8 Å². The van der Waals surface area contributed by atoms with Crippen molar-refractivity contribution in [1.82, 2.24) is 0 Å². The molecule has 1 aliphatic carbocycles. The first kappa shape index (κ1) is 18.0. The highest BCUT2D eigenvalue weighted by molar-refractivity contribution is 6.03.